The first-order chi connectivity index (χ1) is 18.8. The van der Waals surface area contributed by atoms with E-state index in [0.717, 1.165) is 52.7 Å². The summed E-state index contributed by atoms with van der Waals surface area (Å²) in [6.07, 6.45) is 3.10. The topological polar surface area (TPSA) is 88.6 Å². The van der Waals surface area contributed by atoms with Gasteiger partial charge in [-0.2, -0.15) is 11.8 Å². The molecule has 0 aliphatic carbocycles. The van der Waals surface area contributed by atoms with Gasteiger partial charge < -0.3 is 14.8 Å². The van der Waals surface area contributed by atoms with Gasteiger partial charge in [-0.1, -0.05) is 18.2 Å². The predicted octanol–water partition coefficient (Wildman–Crippen LogP) is 4.95. The van der Waals surface area contributed by atoms with E-state index in [9.17, 15) is 14.4 Å². The van der Waals surface area contributed by atoms with E-state index in [4.69, 9.17) is 16.3 Å². The number of Topliss-reactive ketones (excluding diaryl/α,β-unsaturated/α-hetero) is 2. The molecule has 3 heterocycles. The average molecular weight is 592 g/mol. The molecule has 2 saturated heterocycles. The van der Waals surface area contributed by atoms with Gasteiger partial charge in [0.2, 0.25) is 5.91 Å². The molecule has 0 spiro atoms. The number of hydrogen-bond acceptors (Lipinski definition) is 8. The molecule has 2 aliphatic heterocycles. The number of amides is 1. The number of nitrogens with zero attached hydrogens (tertiary/aromatic N) is 2. The number of nitrogens with one attached hydrogen (secondary N) is 1. The highest BCUT2D eigenvalue weighted by molar-refractivity contribution is 7.99. The molecule has 1 N–H and O–H groups in total. The van der Waals surface area contributed by atoms with E-state index in [0.29, 0.717) is 49.6 Å². The molecule has 10 heteroatoms. The fourth-order valence-electron chi connectivity index (χ4n) is 5.27. The second kappa shape index (κ2) is 14.7. The van der Waals surface area contributed by atoms with Crippen LogP contribution in [0, 0.1) is 11.8 Å². The Hall–Kier alpha value is -1.78. The minimum Gasteiger partial charge on any atom is -0.381 e. The van der Waals surface area contributed by atoms with Crippen molar-refractivity contribution in [1.82, 2.24) is 15.2 Å². The first-order valence-electron chi connectivity index (χ1n) is 13.7. The lowest BCUT2D eigenvalue weighted by Gasteiger charge is -2.32. The van der Waals surface area contributed by atoms with Crippen LogP contribution in [0.1, 0.15) is 44.0 Å². The van der Waals surface area contributed by atoms with E-state index >= 15 is 0 Å². The summed E-state index contributed by atoms with van der Waals surface area (Å²) in [6.45, 7) is 9.46. The lowest BCUT2D eigenvalue weighted by molar-refractivity contribution is -0.130. The van der Waals surface area contributed by atoms with Gasteiger partial charge in [0, 0.05) is 80.3 Å². The van der Waals surface area contributed by atoms with Crippen molar-refractivity contribution in [2.75, 3.05) is 44.4 Å². The van der Waals surface area contributed by atoms with E-state index in [1.807, 2.05) is 23.9 Å². The van der Waals surface area contributed by atoms with Crippen LogP contribution in [0.2, 0.25) is 5.02 Å². The van der Waals surface area contributed by atoms with E-state index in [2.05, 4.69) is 21.8 Å². The number of aromatic nitrogens is 1. The zero-order valence-electron chi connectivity index (χ0n) is 22.6. The van der Waals surface area contributed by atoms with Crippen LogP contribution in [0.25, 0.3) is 10.2 Å². The number of halogens is 1. The fraction of sp³-hybridized carbons (Fsp3) is 0.586. The summed E-state index contributed by atoms with van der Waals surface area (Å²) in [5.41, 5.74) is 1.48. The molecule has 2 aliphatic rings. The monoisotopic (exact) mass is 591 g/mol. The molecule has 0 saturated carbocycles. The van der Waals surface area contributed by atoms with Crippen molar-refractivity contribution in [3.63, 3.8) is 0 Å². The molecule has 0 bridgehead atoms. The fourth-order valence-corrected chi connectivity index (χ4v) is 7.58. The molecule has 1 amide bonds. The number of fused-ring (bicyclic) bond motifs is 1. The second-order valence-corrected chi connectivity index (χ2v) is 13.3. The molecular formula is C29H38ClN3O4S2. The van der Waals surface area contributed by atoms with E-state index in [-0.39, 0.29) is 35.9 Å². The van der Waals surface area contributed by atoms with Gasteiger partial charge in [-0.25, -0.2) is 4.98 Å². The summed E-state index contributed by atoms with van der Waals surface area (Å²) in [5, 5.41) is 4.69. The summed E-state index contributed by atoms with van der Waals surface area (Å²) in [7, 11) is 0. The van der Waals surface area contributed by atoms with Crippen LogP contribution in [0.4, 0.5) is 0 Å². The van der Waals surface area contributed by atoms with Crippen LogP contribution < -0.4 is 5.32 Å². The maximum Gasteiger partial charge on any atom is 0.224 e. The minimum atomic E-state index is -0.525. The zero-order chi connectivity index (χ0) is 27.8. The summed E-state index contributed by atoms with van der Waals surface area (Å²) in [5.74, 6) is 1.75. The largest absolute Gasteiger partial charge is 0.381 e. The molecule has 2 fully saturated rings. The van der Waals surface area contributed by atoms with Gasteiger partial charge in [-0.3, -0.25) is 14.5 Å². The highest BCUT2D eigenvalue weighted by Crippen LogP contribution is 2.28. The Morgan fingerprint density at radius 1 is 1.23 bits per heavy atom. The predicted molar refractivity (Wildman–Crippen MR) is 160 cm³/mol. The molecule has 1 aromatic heterocycles. The van der Waals surface area contributed by atoms with Crippen molar-refractivity contribution in [3.05, 3.63) is 40.4 Å². The highest BCUT2D eigenvalue weighted by atomic mass is 35.5. The SMILES string of the molecule is C=C(CN1CCSCC1)C(=O)CC[C@@H](NC(=O)[C@@H](CC(C)=O)Cc1nc2ccc(Cl)cc2s1)C1CCOCC1. The van der Waals surface area contributed by atoms with Gasteiger partial charge >= 0.3 is 0 Å². The number of carbonyl (C=O) groups excluding carboxylic acids is 3. The van der Waals surface area contributed by atoms with Gasteiger partial charge in [0.25, 0.3) is 0 Å². The van der Waals surface area contributed by atoms with E-state index in [1.165, 1.54) is 18.3 Å². The third kappa shape index (κ3) is 9.11. The number of ketones is 2. The van der Waals surface area contributed by atoms with Crippen molar-refractivity contribution in [2.45, 2.75) is 51.5 Å². The second-order valence-electron chi connectivity index (χ2n) is 10.5. The Balaban J connectivity index is 1.41. The zero-order valence-corrected chi connectivity index (χ0v) is 25.0. The number of rotatable bonds is 13. The van der Waals surface area contributed by atoms with Crippen LogP contribution in [0.3, 0.4) is 0 Å². The standard InChI is InChI=1S/C29H38ClN3O4S2/c1-19(18-33-9-13-38-14-10-33)26(35)6-5-24(21-7-11-37-12-8-21)32-29(36)22(15-20(2)34)16-28-31-25-4-3-23(30)17-27(25)39-28/h3-4,17,21-22,24H,1,5-16,18H2,2H3,(H,32,36)/t22-,24+/m0/s1. The maximum absolute atomic E-state index is 13.6. The van der Waals surface area contributed by atoms with Crippen molar-refractivity contribution in [1.29, 1.82) is 0 Å². The Kier molecular flexibility index (Phi) is 11.4. The molecule has 1 aromatic carbocycles. The minimum absolute atomic E-state index is 0.0375. The summed E-state index contributed by atoms with van der Waals surface area (Å²) >= 11 is 9.57. The Labute approximate surface area is 244 Å². The van der Waals surface area contributed by atoms with Crippen molar-refractivity contribution in [2.24, 2.45) is 11.8 Å². The first-order valence-corrected chi connectivity index (χ1v) is 16.1. The van der Waals surface area contributed by atoms with E-state index < -0.39 is 5.92 Å². The van der Waals surface area contributed by atoms with Crippen molar-refractivity contribution >= 4 is 62.4 Å². The molecule has 0 unspecified atom stereocenters. The molecule has 2 aromatic rings. The van der Waals surface area contributed by atoms with Crippen molar-refractivity contribution in [3.8, 4) is 0 Å². The van der Waals surface area contributed by atoms with Crippen LogP contribution in [0.15, 0.2) is 30.4 Å². The normalized spacial score (nSPS) is 18.5. The van der Waals surface area contributed by atoms with E-state index in [1.54, 1.807) is 6.07 Å². The number of thiazole rings is 1. The summed E-state index contributed by atoms with van der Waals surface area (Å²) < 4.78 is 6.52. The number of thioether (sulfide) groups is 1. The summed E-state index contributed by atoms with van der Waals surface area (Å²) in [4.78, 5) is 45.7. The Morgan fingerprint density at radius 3 is 2.69 bits per heavy atom. The van der Waals surface area contributed by atoms with Gasteiger partial charge in [0.15, 0.2) is 5.78 Å². The lowest BCUT2D eigenvalue weighted by atomic mass is 9.87. The third-order valence-electron chi connectivity index (χ3n) is 7.48. The molecule has 4 rings (SSSR count). The average Bonchev–Trinajstić information content (AvgIpc) is 3.32. The summed E-state index contributed by atoms with van der Waals surface area (Å²) in [6, 6.07) is 5.38. The van der Waals surface area contributed by atoms with Gasteiger partial charge in [-0.05, 0) is 50.3 Å². The number of benzene rings is 1. The highest BCUT2D eigenvalue weighted by Gasteiger charge is 2.30. The quantitative estimate of drug-likeness (QED) is 0.330. The number of ether oxygens (including phenoxy) is 1. The Bertz CT molecular complexity index is 1170. The lowest BCUT2D eigenvalue weighted by Crippen LogP contribution is -2.45. The maximum atomic E-state index is 13.6. The third-order valence-corrected chi connectivity index (χ3v) is 9.70. The van der Waals surface area contributed by atoms with Crippen LogP contribution in [-0.4, -0.2) is 77.8 Å². The molecule has 7 nitrogen and oxygen atoms in total. The van der Waals surface area contributed by atoms with Gasteiger partial charge in [0.1, 0.15) is 5.78 Å². The smallest absolute Gasteiger partial charge is 0.224 e. The van der Waals surface area contributed by atoms with Crippen molar-refractivity contribution < 1.29 is 19.1 Å². The van der Waals surface area contributed by atoms with Crippen LogP contribution in [0.5, 0.6) is 0 Å². The molecule has 39 heavy (non-hydrogen) atoms. The Morgan fingerprint density at radius 2 is 1.97 bits per heavy atom. The van der Waals surface area contributed by atoms with Gasteiger partial charge in [-0.15, -0.1) is 11.3 Å². The van der Waals surface area contributed by atoms with Crippen LogP contribution >= 0.6 is 34.7 Å². The molecule has 0 radical (unpaired) electrons. The van der Waals surface area contributed by atoms with Gasteiger partial charge in [0.05, 0.1) is 21.1 Å². The van der Waals surface area contributed by atoms with Crippen LogP contribution in [-0.2, 0) is 25.5 Å². The molecule has 2 atom stereocenters. The first kappa shape index (κ1) is 30.2. The molecular weight excluding hydrogens is 554 g/mol. The number of hydrogen-bond donors (Lipinski definition) is 1. The number of carbonyl (C=O) groups is 3. The molecule has 212 valence electrons.